The van der Waals surface area contributed by atoms with E-state index in [9.17, 15) is 14.7 Å². The van der Waals surface area contributed by atoms with E-state index in [0.29, 0.717) is 55.2 Å². The average molecular weight is 636 g/mol. The normalized spacial score (nSPS) is 17.0. The number of halogens is 1. The summed E-state index contributed by atoms with van der Waals surface area (Å²) in [5, 5.41) is 28.2. The van der Waals surface area contributed by atoms with Crippen LogP contribution in [0.4, 0.5) is 4.79 Å². The predicted molar refractivity (Wildman–Crippen MR) is 179 cm³/mol. The van der Waals surface area contributed by atoms with Gasteiger partial charge in [-0.1, -0.05) is 67.1 Å². The largest absolute Gasteiger partial charge is 0.465 e. The van der Waals surface area contributed by atoms with Crippen molar-refractivity contribution in [3.63, 3.8) is 0 Å². The molecule has 0 saturated carbocycles. The van der Waals surface area contributed by atoms with Gasteiger partial charge >= 0.3 is 6.09 Å². The van der Waals surface area contributed by atoms with Gasteiger partial charge in [-0.25, -0.2) is 4.79 Å². The monoisotopic (exact) mass is 635 g/mol. The van der Waals surface area contributed by atoms with Crippen LogP contribution < -0.4 is 10.6 Å². The Bertz CT molecular complexity index is 1430. The first kappa shape index (κ1) is 34.4. The predicted octanol–water partition coefficient (Wildman–Crippen LogP) is 6.48. The minimum atomic E-state index is -1.35. The van der Waals surface area contributed by atoms with Crippen molar-refractivity contribution >= 4 is 23.6 Å². The standard InChI is InChI=1S/C36H46ClN3O5/c1-4-26-9-5-10-29(21-26)33-31(12-6-13-32(33)37)36(44,18-8-19-38-35(42)43)30-11-7-20-40(23-30)34(41)28-16-14-27(15-17-28)22-39-25(2)24-45-3/h5-6,9-10,12-17,21,25,30,38-39,44H,4,7-8,11,18-20,22-24H2,1-3H3,(H,42,43). The van der Waals surface area contributed by atoms with Crippen molar-refractivity contribution in [2.24, 2.45) is 5.92 Å². The molecule has 1 aliphatic rings. The zero-order valence-electron chi connectivity index (χ0n) is 26.5. The number of benzene rings is 3. The summed E-state index contributed by atoms with van der Waals surface area (Å²) in [5.74, 6) is -0.346. The molecular formula is C36H46ClN3O5. The third kappa shape index (κ3) is 8.85. The minimum absolute atomic E-state index is 0.0659. The number of aliphatic hydroxyl groups is 1. The van der Waals surface area contributed by atoms with E-state index in [-0.39, 0.29) is 24.4 Å². The number of nitrogens with zero attached hydrogens (tertiary/aromatic N) is 1. The number of carboxylic acid groups (broad SMARTS) is 1. The molecule has 3 atom stereocenters. The molecule has 1 saturated heterocycles. The molecule has 1 fully saturated rings. The van der Waals surface area contributed by atoms with Gasteiger partial charge in [0.25, 0.3) is 5.91 Å². The number of rotatable bonds is 14. The SMILES string of the molecule is CCc1cccc(-c2c(Cl)cccc2C(O)(CCCNC(=O)O)C2CCCN(C(=O)c3ccc(CNC(C)COC)cc3)C2)c1. The van der Waals surface area contributed by atoms with Crippen LogP contribution in [0.3, 0.4) is 0 Å². The lowest BCUT2D eigenvalue weighted by molar-refractivity contribution is -0.0563. The molecule has 3 unspecified atom stereocenters. The van der Waals surface area contributed by atoms with Gasteiger partial charge in [0.2, 0.25) is 0 Å². The lowest BCUT2D eigenvalue weighted by atomic mass is 9.72. The van der Waals surface area contributed by atoms with Gasteiger partial charge < -0.3 is 30.5 Å². The highest BCUT2D eigenvalue weighted by molar-refractivity contribution is 6.33. The Morgan fingerprint density at radius 1 is 1.11 bits per heavy atom. The van der Waals surface area contributed by atoms with Gasteiger partial charge in [0.15, 0.2) is 0 Å². The maximum absolute atomic E-state index is 13.7. The fourth-order valence-corrected chi connectivity index (χ4v) is 6.62. The topological polar surface area (TPSA) is 111 Å². The summed E-state index contributed by atoms with van der Waals surface area (Å²) in [5.41, 5.74) is 3.90. The van der Waals surface area contributed by atoms with E-state index in [1.54, 1.807) is 7.11 Å². The Morgan fingerprint density at radius 2 is 1.87 bits per heavy atom. The molecule has 0 aliphatic carbocycles. The summed E-state index contributed by atoms with van der Waals surface area (Å²) in [4.78, 5) is 26.7. The Balaban J connectivity index is 1.61. The van der Waals surface area contributed by atoms with E-state index in [1.165, 1.54) is 0 Å². The van der Waals surface area contributed by atoms with E-state index in [1.807, 2.05) is 59.5 Å². The van der Waals surface area contributed by atoms with E-state index < -0.39 is 11.7 Å². The second-order valence-electron chi connectivity index (χ2n) is 12.0. The number of piperidine rings is 1. The van der Waals surface area contributed by atoms with Gasteiger partial charge in [-0.3, -0.25) is 4.79 Å². The maximum atomic E-state index is 13.7. The minimum Gasteiger partial charge on any atom is -0.465 e. The number of methoxy groups -OCH3 is 1. The average Bonchev–Trinajstić information content (AvgIpc) is 3.05. The number of carbonyl (C=O) groups excluding carboxylic acids is 1. The molecule has 8 nitrogen and oxygen atoms in total. The van der Waals surface area contributed by atoms with Gasteiger partial charge in [0.1, 0.15) is 0 Å². The van der Waals surface area contributed by atoms with E-state index in [2.05, 4.69) is 36.6 Å². The Labute approximate surface area is 271 Å². The zero-order chi connectivity index (χ0) is 32.4. The Kier molecular flexibility index (Phi) is 12.4. The molecule has 45 heavy (non-hydrogen) atoms. The third-order valence-electron chi connectivity index (χ3n) is 8.77. The van der Waals surface area contributed by atoms with Crippen molar-refractivity contribution < 1.29 is 24.5 Å². The summed E-state index contributed by atoms with van der Waals surface area (Å²) in [6, 6.07) is 21.7. The molecule has 0 spiro atoms. The maximum Gasteiger partial charge on any atom is 0.404 e. The van der Waals surface area contributed by atoms with Crippen LogP contribution in [0.1, 0.15) is 66.6 Å². The first-order valence-electron chi connectivity index (χ1n) is 15.8. The summed E-state index contributed by atoms with van der Waals surface area (Å²) < 4.78 is 5.19. The highest BCUT2D eigenvalue weighted by Gasteiger charge is 2.43. The molecule has 0 radical (unpaired) electrons. The first-order chi connectivity index (χ1) is 21.7. The van der Waals surface area contributed by atoms with Crippen molar-refractivity contribution in [1.29, 1.82) is 0 Å². The summed E-state index contributed by atoms with van der Waals surface area (Å²) in [7, 11) is 1.68. The number of hydrogen-bond donors (Lipinski definition) is 4. The van der Waals surface area contributed by atoms with E-state index in [0.717, 1.165) is 41.5 Å². The number of ether oxygens (including phenoxy) is 1. The quantitative estimate of drug-likeness (QED) is 0.151. The van der Waals surface area contributed by atoms with Gasteiger partial charge in [-0.15, -0.1) is 0 Å². The van der Waals surface area contributed by atoms with Crippen LogP contribution in [0, 0.1) is 5.92 Å². The lowest BCUT2D eigenvalue weighted by Gasteiger charge is -2.44. The molecule has 1 heterocycles. The van der Waals surface area contributed by atoms with Crippen LogP contribution in [-0.4, -0.2) is 66.5 Å². The van der Waals surface area contributed by atoms with Crippen molar-refractivity contribution in [2.75, 3.05) is 33.4 Å². The number of likely N-dealkylation sites (tertiary alicyclic amines) is 1. The van der Waals surface area contributed by atoms with Crippen LogP contribution in [0.5, 0.6) is 0 Å². The van der Waals surface area contributed by atoms with Crippen LogP contribution in [0.25, 0.3) is 11.1 Å². The molecule has 2 amide bonds. The summed E-state index contributed by atoms with van der Waals surface area (Å²) >= 11 is 6.86. The van der Waals surface area contributed by atoms with Crippen LogP contribution in [-0.2, 0) is 23.3 Å². The molecule has 3 aromatic carbocycles. The van der Waals surface area contributed by atoms with Crippen molar-refractivity contribution in [2.45, 2.75) is 64.1 Å². The number of aryl methyl sites for hydroxylation is 1. The highest BCUT2D eigenvalue weighted by Crippen LogP contribution is 2.45. The van der Waals surface area contributed by atoms with Crippen molar-refractivity contribution in [3.8, 4) is 11.1 Å². The Hall–Kier alpha value is -3.43. The molecular weight excluding hydrogens is 590 g/mol. The van der Waals surface area contributed by atoms with Crippen LogP contribution in [0.15, 0.2) is 66.7 Å². The third-order valence-corrected chi connectivity index (χ3v) is 9.09. The number of amides is 2. The van der Waals surface area contributed by atoms with Gasteiger partial charge in [-0.2, -0.15) is 0 Å². The molecule has 4 rings (SSSR count). The lowest BCUT2D eigenvalue weighted by Crippen LogP contribution is -2.48. The van der Waals surface area contributed by atoms with Crippen LogP contribution >= 0.6 is 11.6 Å². The smallest absolute Gasteiger partial charge is 0.404 e. The molecule has 9 heteroatoms. The highest BCUT2D eigenvalue weighted by atomic mass is 35.5. The molecule has 1 aliphatic heterocycles. The number of carbonyl (C=O) groups is 2. The van der Waals surface area contributed by atoms with Crippen LogP contribution in [0.2, 0.25) is 5.02 Å². The van der Waals surface area contributed by atoms with Gasteiger partial charge in [-0.05, 0) is 79.5 Å². The fourth-order valence-electron chi connectivity index (χ4n) is 6.34. The van der Waals surface area contributed by atoms with E-state index >= 15 is 0 Å². The molecule has 242 valence electrons. The van der Waals surface area contributed by atoms with Crippen molar-refractivity contribution in [1.82, 2.24) is 15.5 Å². The van der Waals surface area contributed by atoms with Gasteiger partial charge in [0, 0.05) is 61.4 Å². The van der Waals surface area contributed by atoms with Crippen molar-refractivity contribution in [3.05, 3.63) is 94.0 Å². The number of hydrogen-bond acceptors (Lipinski definition) is 5. The molecule has 0 aromatic heterocycles. The summed E-state index contributed by atoms with van der Waals surface area (Å²) in [6.07, 6.45) is 1.96. The second-order valence-corrected chi connectivity index (χ2v) is 12.4. The van der Waals surface area contributed by atoms with E-state index in [4.69, 9.17) is 21.4 Å². The first-order valence-corrected chi connectivity index (χ1v) is 16.2. The molecule has 0 bridgehead atoms. The second kappa shape index (κ2) is 16.2. The molecule has 4 N–H and O–H groups in total. The summed E-state index contributed by atoms with van der Waals surface area (Å²) in [6.45, 7) is 6.65. The fraction of sp³-hybridized carbons (Fsp3) is 0.444. The molecule has 3 aromatic rings. The Morgan fingerprint density at radius 3 is 2.58 bits per heavy atom. The number of nitrogens with one attached hydrogen (secondary N) is 2. The zero-order valence-corrected chi connectivity index (χ0v) is 27.3. The van der Waals surface area contributed by atoms with Gasteiger partial charge in [0.05, 0.1) is 12.2 Å².